The molecule has 2 aliphatic rings. The van der Waals surface area contributed by atoms with Crippen molar-refractivity contribution in [1.82, 2.24) is 33.6 Å². The average molecular weight is 415 g/mol. The lowest BCUT2D eigenvalue weighted by Gasteiger charge is -2.42. The summed E-state index contributed by atoms with van der Waals surface area (Å²) < 4.78 is 5.34. The first-order chi connectivity index (χ1) is 15.1. The number of piperidine rings is 1. The molecule has 0 spiro atoms. The molecule has 1 fully saturated rings. The van der Waals surface area contributed by atoms with Gasteiger partial charge >= 0.3 is 0 Å². The van der Waals surface area contributed by atoms with Crippen LogP contribution in [0.1, 0.15) is 28.5 Å². The highest BCUT2D eigenvalue weighted by Crippen LogP contribution is 2.36. The van der Waals surface area contributed by atoms with Crippen molar-refractivity contribution >= 4 is 11.6 Å². The minimum absolute atomic E-state index is 0.00587. The van der Waals surface area contributed by atoms with E-state index in [1.165, 1.54) is 6.33 Å². The van der Waals surface area contributed by atoms with Crippen LogP contribution in [0.2, 0.25) is 0 Å². The highest BCUT2D eigenvalue weighted by molar-refractivity contribution is 5.93. The largest absolute Gasteiger partial charge is 0.336 e. The Morgan fingerprint density at radius 2 is 2.00 bits per heavy atom. The molecule has 0 aliphatic carbocycles. The summed E-state index contributed by atoms with van der Waals surface area (Å²) in [5.74, 6) is 0.994. The number of imidazole rings is 1. The number of aromatic nitrogens is 6. The summed E-state index contributed by atoms with van der Waals surface area (Å²) >= 11 is 0. The van der Waals surface area contributed by atoms with Gasteiger partial charge in [-0.05, 0) is 36.6 Å². The lowest BCUT2D eigenvalue weighted by molar-refractivity contribution is 0.0586. The summed E-state index contributed by atoms with van der Waals surface area (Å²) in [6.45, 7) is 1.82. The fourth-order valence-corrected chi connectivity index (χ4v) is 5.08. The molecule has 1 saturated heterocycles. The Morgan fingerprint density at radius 3 is 2.84 bits per heavy atom. The topological polar surface area (TPSA) is 90.3 Å². The van der Waals surface area contributed by atoms with Gasteiger partial charge in [-0.2, -0.15) is 5.10 Å². The number of hydrogen-bond donors (Lipinski definition) is 0. The number of hydrogen-bond acceptors (Lipinski definition) is 5. The van der Waals surface area contributed by atoms with Gasteiger partial charge in [0.05, 0.1) is 5.56 Å². The van der Waals surface area contributed by atoms with Crippen LogP contribution in [0.25, 0.3) is 17.0 Å². The van der Waals surface area contributed by atoms with E-state index in [9.17, 15) is 9.59 Å². The molecule has 0 radical (unpaired) electrons. The van der Waals surface area contributed by atoms with E-state index in [0.717, 1.165) is 12.1 Å². The molecule has 4 aromatic heterocycles. The Balaban J connectivity index is 1.34. The van der Waals surface area contributed by atoms with E-state index in [0.29, 0.717) is 42.4 Å². The van der Waals surface area contributed by atoms with Crippen molar-refractivity contribution in [3.8, 4) is 11.4 Å². The smallest absolute Gasteiger partial charge is 0.272 e. The third-order valence-electron chi connectivity index (χ3n) is 6.47. The van der Waals surface area contributed by atoms with Crippen molar-refractivity contribution in [3.05, 3.63) is 70.8 Å². The summed E-state index contributed by atoms with van der Waals surface area (Å²) in [7, 11) is 1.89. The standard InChI is InChI=1S/C22H21N7O2/c1-26-8-7-23-20(26)16-5-6-17-15-9-14(11-28(17)21(16)30)10-27(12-15)22(31)18-3-2-4-19-24-13-25-29(18)19/h2-8,13-15H,9-12H2,1H3/t14-,15+/m0/s1. The second-order valence-corrected chi connectivity index (χ2v) is 8.40. The molecule has 31 heavy (non-hydrogen) atoms. The number of carbonyl (C=O) groups excluding carboxylic acids is 1. The molecule has 0 aromatic carbocycles. The van der Waals surface area contributed by atoms with E-state index in [1.54, 1.807) is 16.8 Å². The number of aryl methyl sites for hydroxylation is 1. The zero-order valence-corrected chi connectivity index (χ0v) is 17.0. The lowest BCUT2D eigenvalue weighted by Crippen LogP contribution is -2.49. The molecule has 6 heterocycles. The van der Waals surface area contributed by atoms with Crippen molar-refractivity contribution in [3.63, 3.8) is 0 Å². The Morgan fingerprint density at radius 1 is 1.10 bits per heavy atom. The fourth-order valence-electron chi connectivity index (χ4n) is 5.08. The van der Waals surface area contributed by atoms with Gasteiger partial charge < -0.3 is 14.0 Å². The second kappa shape index (κ2) is 6.63. The van der Waals surface area contributed by atoms with Gasteiger partial charge in [0.2, 0.25) is 0 Å². The molecule has 4 aromatic rings. The van der Waals surface area contributed by atoms with E-state index < -0.39 is 0 Å². The van der Waals surface area contributed by atoms with Crippen molar-refractivity contribution < 1.29 is 4.79 Å². The SMILES string of the molecule is Cn1ccnc1-c1ccc2n(c1=O)C[C@H]1C[C@@H]2CN(C(=O)c2cccc3ncnn23)C1. The summed E-state index contributed by atoms with van der Waals surface area (Å²) in [5.41, 5.74) is 2.77. The van der Waals surface area contributed by atoms with Crippen LogP contribution in [-0.2, 0) is 13.6 Å². The van der Waals surface area contributed by atoms with Crippen LogP contribution in [0, 0.1) is 5.92 Å². The third-order valence-corrected chi connectivity index (χ3v) is 6.47. The minimum Gasteiger partial charge on any atom is -0.336 e. The van der Waals surface area contributed by atoms with Gasteiger partial charge in [0.1, 0.15) is 17.8 Å². The van der Waals surface area contributed by atoms with E-state index in [-0.39, 0.29) is 23.3 Å². The second-order valence-electron chi connectivity index (χ2n) is 8.40. The normalized spacial score (nSPS) is 20.1. The molecular weight excluding hydrogens is 394 g/mol. The van der Waals surface area contributed by atoms with E-state index in [4.69, 9.17) is 0 Å². The maximum absolute atomic E-state index is 13.3. The predicted molar refractivity (Wildman–Crippen MR) is 113 cm³/mol. The van der Waals surface area contributed by atoms with Gasteiger partial charge in [0, 0.05) is 50.7 Å². The predicted octanol–water partition coefficient (Wildman–Crippen LogP) is 1.55. The maximum atomic E-state index is 13.3. The van der Waals surface area contributed by atoms with Gasteiger partial charge in [0.15, 0.2) is 5.65 Å². The minimum atomic E-state index is -0.0498. The number of likely N-dealkylation sites (tertiary alicyclic amines) is 1. The quantitative estimate of drug-likeness (QED) is 0.496. The molecule has 0 saturated carbocycles. The van der Waals surface area contributed by atoms with Crippen LogP contribution < -0.4 is 5.56 Å². The van der Waals surface area contributed by atoms with Crippen molar-refractivity contribution in [1.29, 1.82) is 0 Å². The number of amides is 1. The first kappa shape index (κ1) is 18.1. The van der Waals surface area contributed by atoms with Gasteiger partial charge in [-0.1, -0.05) is 6.07 Å². The third kappa shape index (κ3) is 2.73. The Labute approximate surface area is 177 Å². The molecule has 9 nitrogen and oxygen atoms in total. The monoisotopic (exact) mass is 415 g/mol. The first-order valence-electron chi connectivity index (χ1n) is 10.4. The van der Waals surface area contributed by atoms with E-state index in [2.05, 4.69) is 15.1 Å². The molecule has 2 bridgehead atoms. The van der Waals surface area contributed by atoms with E-state index in [1.807, 2.05) is 51.5 Å². The molecule has 9 heteroatoms. The first-order valence-corrected chi connectivity index (χ1v) is 10.4. The summed E-state index contributed by atoms with van der Waals surface area (Å²) in [6, 6.07) is 9.34. The van der Waals surface area contributed by atoms with E-state index >= 15 is 0 Å². The van der Waals surface area contributed by atoms with Crippen LogP contribution in [0.5, 0.6) is 0 Å². The maximum Gasteiger partial charge on any atom is 0.272 e. The number of fused-ring (bicyclic) bond motifs is 5. The number of carbonyl (C=O) groups is 1. The molecule has 0 unspecified atom stereocenters. The highest BCUT2D eigenvalue weighted by atomic mass is 16.2. The van der Waals surface area contributed by atoms with Crippen molar-refractivity contribution in [2.24, 2.45) is 13.0 Å². The molecule has 1 amide bonds. The fraction of sp³-hybridized carbons (Fsp3) is 0.318. The van der Waals surface area contributed by atoms with Gasteiger partial charge in [-0.15, -0.1) is 0 Å². The highest BCUT2D eigenvalue weighted by Gasteiger charge is 2.37. The lowest BCUT2D eigenvalue weighted by atomic mass is 9.82. The van der Waals surface area contributed by atoms with Gasteiger partial charge in [-0.3, -0.25) is 9.59 Å². The molecule has 2 atom stereocenters. The molecule has 156 valence electrons. The van der Waals surface area contributed by atoms with Crippen LogP contribution in [0.3, 0.4) is 0 Å². The summed E-state index contributed by atoms with van der Waals surface area (Å²) in [6.07, 6.45) is 5.98. The zero-order chi connectivity index (χ0) is 21.1. The molecule has 2 aliphatic heterocycles. The Bertz CT molecular complexity index is 1380. The molecular formula is C22H21N7O2. The van der Waals surface area contributed by atoms with Gasteiger partial charge in [0.25, 0.3) is 11.5 Å². The summed E-state index contributed by atoms with van der Waals surface area (Å²) in [4.78, 5) is 37.0. The van der Waals surface area contributed by atoms with Crippen LogP contribution >= 0.6 is 0 Å². The average Bonchev–Trinajstić information content (AvgIpc) is 3.42. The van der Waals surface area contributed by atoms with Crippen LogP contribution in [0.15, 0.2) is 53.8 Å². The summed E-state index contributed by atoms with van der Waals surface area (Å²) in [5, 5.41) is 4.20. The van der Waals surface area contributed by atoms with Gasteiger partial charge in [-0.25, -0.2) is 14.5 Å². The van der Waals surface area contributed by atoms with Crippen molar-refractivity contribution in [2.75, 3.05) is 13.1 Å². The number of rotatable bonds is 2. The Kier molecular flexibility index (Phi) is 3.86. The molecule has 0 N–H and O–H groups in total. The Hall–Kier alpha value is -3.75. The van der Waals surface area contributed by atoms with Crippen molar-refractivity contribution in [2.45, 2.75) is 18.9 Å². The number of nitrogens with zero attached hydrogens (tertiary/aromatic N) is 7. The van der Waals surface area contributed by atoms with Crippen LogP contribution in [0.4, 0.5) is 0 Å². The number of pyridine rings is 2. The zero-order valence-electron chi connectivity index (χ0n) is 17.0. The molecule has 6 rings (SSSR count). The van der Waals surface area contributed by atoms with Crippen LogP contribution in [-0.4, -0.2) is 52.6 Å².